The Bertz CT molecular complexity index is 1150. The van der Waals surface area contributed by atoms with E-state index in [0.29, 0.717) is 28.6 Å². The van der Waals surface area contributed by atoms with Crippen LogP contribution in [0.1, 0.15) is 10.4 Å². The lowest BCUT2D eigenvalue weighted by Crippen LogP contribution is -2.14. The van der Waals surface area contributed by atoms with Crippen LogP contribution in [0.3, 0.4) is 0 Å². The van der Waals surface area contributed by atoms with E-state index in [9.17, 15) is 4.79 Å². The van der Waals surface area contributed by atoms with Gasteiger partial charge in [0.15, 0.2) is 11.5 Å². The van der Waals surface area contributed by atoms with Gasteiger partial charge in [-0.05, 0) is 34.6 Å². The van der Waals surface area contributed by atoms with Gasteiger partial charge in [0.25, 0.3) is 5.91 Å². The van der Waals surface area contributed by atoms with E-state index < -0.39 is 5.91 Å². The molecule has 7 nitrogen and oxygen atoms in total. The zero-order valence-electron chi connectivity index (χ0n) is 14.1. The van der Waals surface area contributed by atoms with Crippen LogP contribution in [0, 0.1) is 0 Å². The van der Waals surface area contributed by atoms with Gasteiger partial charge in [-0.15, -0.1) is 6.58 Å². The lowest BCUT2D eigenvalue weighted by Gasteiger charge is -2.06. The molecule has 0 saturated carbocycles. The number of nitrogens with zero attached hydrogens (tertiary/aromatic N) is 4. The van der Waals surface area contributed by atoms with Crippen molar-refractivity contribution in [2.45, 2.75) is 6.54 Å². The van der Waals surface area contributed by atoms with Crippen molar-refractivity contribution >= 4 is 34.4 Å². The molecule has 2 aromatic heterocycles. The Morgan fingerprint density at radius 2 is 1.96 bits per heavy atom. The number of hydrogen-bond donors (Lipinski definition) is 1. The lowest BCUT2D eigenvalue weighted by molar-refractivity contribution is 0.102. The summed E-state index contributed by atoms with van der Waals surface area (Å²) in [4.78, 5) is 17.2. The maximum Gasteiger partial charge on any atom is 0.258 e. The fraction of sp³-hybridized carbons (Fsp3) is 0.0526. The summed E-state index contributed by atoms with van der Waals surface area (Å²) in [6, 6.07) is 14.4. The monoisotopic (exact) mass is 379 g/mol. The van der Waals surface area contributed by atoms with Gasteiger partial charge < -0.3 is 9.88 Å². The van der Waals surface area contributed by atoms with Gasteiger partial charge in [-0.3, -0.25) is 4.79 Å². The quantitative estimate of drug-likeness (QED) is 0.526. The number of carbonyl (C=O) groups excluding carboxylic acids is 1. The number of rotatable bonds is 5. The molecule has 0 aliphatic heterocycles. The normalized spacial score (nSPS) is 10.9. The molecule has 0 aliphatic carbocycles. The van der Waals surface area contributed by atoms with Crippen LogP contribution in [0.5, 0.6) is 0 Å². The summed E-state index contributed by atoms with van der Waals surface area (Å²) in [5.41, 5.74) is 2.36. The minimum Gasteiger partial charge on any atom is -0.319 e. The molecule has 27 heavy (non-hydrogen) atoms. The highest BCUT2D eigenvalue weighted by Gasteiger charge is 2.22. The van der Waals surface area contributed by atoms with Gasteiger partial charge in [-0.25, -0.2) is 9.61 Å². The first-order chi connectivity index (χ1) is 13.2. The van der Waals surface area contributed by atoms with Gasteiger partial charge in [-0.1, -0.05) is 41.9 Å². The SMILES string of the molecule is C=CCn1c(-c2nonc2NC(=O)c2ccccc2Cl)nc2ccccc21. The predicted molar refractivity (Wildman–Crippen MR) is 103 cm³/mol. The van der Waals surface area contributed by atoms with Crippen molar-refractivity contribution in [3.63, 3.8) is 0 Å². The number of para-hydroxylation sites is 2. The molecular formula is C19H14ClN5O2. The Morgan fingerprint density at radius 3 is 2.78 bits per heavy atom. The number of nitrogens with one attached hydrogen (secondary N) is 1. The molecule has 8 heteroatoms. The van der Waals surface area contributed by atoms with E-state index in [4.69, 9.17) is 16.2 Å². The second kappa shape index (κ2) is 7.05. The zero-order valence-corrected chi connectivity index (χ0v) is 14.8. The van der Waals surface area contributed by atoms with Crippen molar-refractivity contribution in [1.82, 2.24) is 19.9 Å². The van der Waals surface area contributed by atoms with Crippen molar-refractivity contribution in [2.75, 3.05) is 5.32 Å². The molecule has 0 radical (unpaired) electrons. The van der Waals surface area contributed by atoms with Gasteiger partial charge in [0.2, 0.25) is 5.82 Å². The van der Waals surface area contributed by atoms with Crippen molar-refractivity contribution in [3.05, 3.63) is 71.8 Å². The van der Waals surface area contributed by atoms with Crippen LogP contribution in [0.2, 0.25) is 5.02 Å². The molecule has 0 bridgehead atoms. The maximum absolute atomic E-state index is 12.6. The topological polar surface area (TPSA) is 85.8 Å². The van der Waals surface area contributed by atoms with Crippen LogP contribution in [-0.4, -0.2) is 25.8 Å². The van der Waals surface area contributed by atoms with E-state index in [2.05, 4.69) is 27.2 Å². The molecule has 0 saturated heterocycles. The first-order valence-electron chi connectivity index (χ1n) is 8.14. The fourth-order valence-electron chi connectivity index (χ4n) is 2.81. The summed E-state index contributed by atoms with van der Waals surface area (Å²) in [5.74, 6) is 0.274. The Kier molecular flexibility index (Phi) is 4.43. The number of carbonyl (C=O) groups is 1. The number of halogens is 1. The number of benzene rings is 2. The highest BCUT2D eigenvalue weighted by Crippen LogP contribution is 2.28. The molecule has 1 N–H and O–H groups in total. The summed E-state index contributed by atoms with van der Waals surface area (Å²) in [7, 11) is 0. The molecule has 4 aromatic rings. The Labute approximate surface area is 159 Å². The summed E-state index contributed by atoms with van der Waals surface area (Å²) < 4.78 is 6.79. The Balaban J connectivity index is 1.75. The minimum absolute atomic E-state index is 0.167. The Hall–Kier alpha value is -3.45. The number of anilines is 1. The van der Waals surface area contributed by atoms with E-state index >= 15 is 0 Å². The molecule has 1 amide bonds. The van der Waals surface area contributed by atoms with Gasteiger partial charge in [0.1, 0.15) is 0 Å². The molecule has 2 aromatic carbocycles. The molecule has 0 fully saturated rings. The van der Waals surface area contributed by atoms with Crippen LogP contribution in [0.15, 0.2) is 65.8 Å². The second-order valence-electron chi connectivity index (χ2n) is 5.72. The van der Waals surface area contributed by atoms with E-state index in [1.165, 1.54) is 0 Å². The van der Waals surface area contributed by atoms with Crippen molar-refractivity contribution in [3.8, 4) is 11.5 Å². The van der Waals surface area contributed by atoms with Crippen LogP contribution < -0.4 is 5.32 Å². The van der Waals surface area contributed by atoms with Crippen LogP contribution in [-0.2, 0) is 6.54 Å². The van der Waals surface area contributed by atoms with Crippen molar-refractivity contribution in [2.24, 2.45) is 0 Å². The molecule has 0 atom stereocenters. The third-order valence-electron chi connectivity index (χ3n) is 4.02. The number of amides is 1. The molecular weight excluding hydrogens is 366 g/mol. The summed E-state index contributed by atoms with van der Waals surface area (Å²) >= 11 is 6.09. The molecule has 2 heterocycles. The highest BCUT2D eigenvalue weighted by molar-refractivity contribution is 6.34. The first-order valence-corrected chi connectivity index (χ1v) is 8.52. The number of hydrogen-bond acceptors (Lipinski definition) is 5. The van der Waals surface area contributed by atoms with Gasteiger partial charge in [0.05, 0.1) is 21.6 Å². The number of fused-ring (bicyclic) bond motifs is 1. The lowest BCUT2D eigenvalue weighted by atomic mass is 10.2. The molecule has 134 valence electrons. The van der Waals surface area contributed by atoms with E-state index in [-0.39, 0.29) is 5.82 Å². The fourth-order valence-corrected chi connectivity index (χ4v) is 3.03. The number of imidazole rings is 1. The van der Waals surface area contributed by atoms with Crippen LogP contribution >= 0.6 is 11.6 Å². The van der Waals surface area contributed by atoms with Crippen LogP contribution in [0.25, 0.3) is 22.6 Å². The summed E-state index contributed by atoms with van der Waals surface area (Å²) in [6.07, 6.45) is 1.76. The number of allylic oxidation sites excluding steroid dienone is 1. The standard InChI is InChI=1S/C19H14ClN5O2/c1-2-11-25-15-10-6-5-9-14(15)21-18(25)16-17(24-27-23-16)22-19(26)12-7-3-4-8-13(12)20/h2-10H,1,11H2,(H,22,24,26). The van der Waals surface area contributed by atoms with Gasteiger partial charge >= 0.3 is 0 Å². The van der Waals surface area contributed by atoms with Gasteiger partial charge in [0, 0.05) is 6.54 Å². The predicted octanol–water partition coefficient (Wildman–Crippen LogP) is 4.18. The third kappa shape index (κ3) is 3.09. The smallest absolute Gasteiger partial charge is 0.258 e. The number of aromatic nitrogens is 4. The first kappa shape index (κ1) is 17.0. The van der Waals surface area contributed by atoms with Crippen molar-refractivity contribution in [1.29, 1.82) is 0 Å². The summed E-state index contributed by atoms with van der Waals surface area (Å²) in [6.45, 7) is 4.31. The Morgan fingerprint density at radius 1 is 1.19 bits per heavy atom. The average molecular weight is 380 g/mol. The molecule has 0 spiro atoms. The van der Waals surface area contributed by atoms with E-state index in [0.717, 1.165) is 11.0 Å². The van der Waals surface area contributed by atoms with Crippen molar-refractivity contribution < 1.29 is 9.42 Å². The second-order valence-corrected chi connectivity index (χ2v) is 6.13. The van der Waals surface area contributed by atoms with Crippen LogP contribution in [0.4, 0.5) is 5.82 Å². The molecule has 0 aliphatic rings. The third-order valence-corrected chi connectivity index (χ3v) is 4.35. The highest BCUT2D eigenvalue weighted by atomic mass is 35.5. The van der Waals surface area contributed by atoms with E-state index in [1.807, 2.05) is 28.8 Å². The largest absolute Gasteiger partial charge is 0.319 e. The molecule has 0 unspecified atom stereocenters. The van der Waals surface area contributed by atoms with E-state index in [1.54, 1.807) is 30.3 Å². The zero-order chi connectivity index (χ0) is 18.8. The average Bonchev–Trinajstić information content (AvgIpc) is 3.27. The maximum atomic E-state index is 12.6. The van der Waals surface area contributed by atoms with Gasteiger partial charge in [-0.2, -0.15) is 0 Å². The summed E-state index contributed by atoms with van der Waals surface area (Å²) in [5, 5.41) is 10.8. The molecule has 4 rings (SSSR count). The minimum atomic E-state index is -0.413.